The monoisotopic (exact) mass is 377 g/mol. The van der Waals surface area contributed by atoms with Crippen LogP contribution in [0.15, 0.2) is 41.3 Å². The van der Waals surface area contributed by atoms with Crippen LogP contribution in [0, 0.1) is 23.2 Å². The Balaban J connectivity index is 1.39. The highest BCUT2D eigenvalue weighted by molar-refractivity contribution is 5.73. The second kappa shape index (κ2) is 6.82. The molecule has 0 saturated heterocycles. The van der Waals surface area contributed by atoms with Gasteiger partial charge in [-0.2, -0.15) is 0 Å². The Morgan fingerprint density at radius 2 is 1.75 bits per heavy atom. The minimum absolute atomic E-state index is 0.290. The maximum absolute atomic E-state index is 12.2. The highest BCUT2D eigenvalue weighted by atomic mass is 16.1. The van der Waals surface area contributed by atoms with E-state index in [0.29, 0.717) is 5.54 Å². The molecule has 4 saturated carbocycles. The van der Waals surface area contributed by atoms with Crippen molar-refractivity contribution in [1.29, 1.82) is 0 Å². The van der Waals surface area contributed by atoms with Gasteiger partial charge in [0.2, 0.25) is 0 Å². The van der Waals surface area contributed by atoms with Crippen molar-refractivity contribution in [3.8, 4) is 0 Å². The molecule has 148 valence electrons. The smallest absolute Gasteiger partial charge is 0.126 e. The summed E-state index contributed by atoms with van der Waals surface area (Å²) < 4.78 is 0. The molecule has 1 aromatic rings. The van der Waals surface area contributed by atoms with Gasteiger partial charge in [0.15, 0.2) is 0 Å². The van der Waals surface area contributed by atoms with Crippen LogP contribution < -0.4 is 0 Å². The van der Waals surface area contributed by atoms with Crippen LogP contribution in [-0.2, 0) is 11.2 Å². The number of pyridine rings is 1. The fourth-order valence-corrected chi connectivity index (χ4v) is 6.98. The number of rotatable bonds is 6. The lowest BCUT2D eigenvalue weighted by molar-refractivity contribution is -0.116. The van der Waals surface area contributed by atoms with Crippen molar-refractivity contribution in [2.75, 3.05) is 6.67 Å². The van der Waals surface area contributed by atoms with Crippen molar-refractivity contribution in [2.24, 2.45) is 28.2 Å². The third-order valence-electron chi connectivity index (χ3n) is 7.75. The third kappa shape index (κ3) is 3.21. The Morgan fingerprint density at radius 3 is 2.36 bits per heavy atom. The Labute approximate surface area is 168 Å². The number of aldehydes is 1. The molecule has 1 atom stereocenters. The minimum atomic E-state index is -0.404. The molecule has 0 aromatic carbocycles. The van der Waals surface area contributed by atoms with E-state index < -0.39 is 5.41 Å². The first-order valence-corrected chi connectivity index (χ1v) is 10.9. The van der Waals surface area contributed by atoms with Crippen molar-refractivity contribution in [2.45, 2.75) is 63.8 Å². The zero-order chi connectivity index (χ0) is 19.2. The number of hydrogen-bond acceptors (Lipinski definition) is 4. The summed E-state index contributed by atoms with van der Waals surface area (Å²) in [7, 11) is 0. The van der Waals surface area contributed by atoms with Crippen LogP contribution >= 0.6 is 0 Å². The fraction of sp³-hybridized carbons (Fsp3) is 0.625. The van der Waals surface area contributed by atoms with E-state index >= 15 is 0 Å². The average Bonchev–Trinajstić information content (AvgIpc) is 2.68. The van der Waals surface area contributed by atoms with E-state index in [-0.39, 0.29) is 0 Å². The molecule has 4 nitrogen and oxygen atoms in total. The molecule has 6 rings (SSSR count). The summed E-state index contributed by atoms with van der Waals surface area (Å²) in [5.74, 6) is 2.73. The van der Waals surface area contributed by atoms with Gasteiger partial charge >= 0.3 is 0 Å². The van der Waals surface area contributed by atoms with Crippen LogP contribution in [0.2, 0.25) is 0 Å². The number of aromatic nitrogens is 1. The molecule has 0 N–H and O–H groups in total. The molecular weight excluding hydrogens is 346 g/mol. The van der Waals surface area contributed by atoms with Gasteiger partial charge < -0.3 is 9.69 Å². The van der Waals surface area contributed by atoms with Gasteiger partial charge in [-0.3, -0.25) is 9.98 Å². The van der Waals surface area contributed by atoms with Crippen LogP contribution in [-0.4, -0.2) is 34.6 Å². The molecule has 2 heterocycles. The Morgan fingerprint density at radius 1 is 1.11 bits per heavy atom. The van der Waals surface area contributed by atoms with Crippen LogP contribution in [0.5, 0.6) is 0 Å². The van der Waals surface area contributed by atoms with Crippen LogP contribution in [0.1, 0.15) is 57.4 Å². The number of carbonyl (C=O) groups excluding carboxylic acids is 1. The number of allylic oxidation sites excluding steroid dienone is 2. The fourth-order valence-electron chi connectivity index (χ4n) is 6.98. The van der Waals surface area contributed by atoms with E-state index in [1.165, 1.54) is 49.8 Å². The second-order valence-electron chi connectivity index (χ2n) is 10.2. The summed E-state index contributed by atoms with van der Waals surface area (Å²) in [6.07, 6.45) is 18.8. The Kier molecular flexibility index (Phi) is 4.41. The van der Waals surface area contributed by atoms with Crippen LogP contribution in [0.4, 0.5) is 0 Å². The van der Waals surface area contributed by atoms with E-state index in [2.05, 4.69) is 27.9 Å². The Bertz CT molecular complexity index is 764. The molecular formula is C24H31N3O. The van der Waals surface area contributed by atoms with Crippen molar-refractivity contribution < 1.29 is 4.79 Å². The average molecular weight is 378 g/mol. The first-order chi connectivity index (χ1) is 13.6. The van der Waals surface area contributed by atoms with Gasteiger partial charge in [0, 0.05) is 35.3 Å². The third-order valence-corrected chi connectivity index (χ3v) is 7.75. The molecule has 0 amide bonds. The number of aliphatic imine (C=N–C) groups is 1. The maximum Gasteiger partial charge on any atom is 0.126 e. The molecule has 28 heavy (non-hydrogen) atoms. The lowest BCUT2D eigenvalue weighted by Crippen LogP contribution is -2.60. The van der Waals surface area contributed by atoms with Gasteiger partial charge in [-0.1, -0.05) is 6.92 Å². The van der Waals surface area contributed by atoms with Crippen molar-refractivity contribution in [3.05, 3.63) is 41.9 Å². The molecule has 4 heteroatoms. The van der Waals surface area contributed by atoms with E-state index in [9.17, 15) is 4.79 Å². The normalized spacial score (nSPS) is 35.5. The molecule has 1 aliphatic heterocycles. The lowest BCUT2D eigenvalue weighted by atomic mass is 9.52. The first-order valence-electron chi connectivity index (χ1n) is 10.9. The predicted octanol–water partition coefficient (Wildman–Crippen LogP) is 4.42. The number of carbonyl (C=O) groups is 1. The summed E-state index contributed by atoms with van der Waals surface area (Å²) in [5.41, 5.74) is 2.38. The lowest BCUT2D eigenvalue weighted by Gasteiger charge is -2.61. The van der Waals surface area contributed by atoms with Crippen molar-refractivity contribution >= 4 is 12.5 Å². The molecule has 5 aliphatic rings. The van der Waals surface area contributed by atoms with Gasteiger partial charge in [0.1, 0.15) is 13.0 Å². The van der Waals surface area contributed by atoms with Gasteiger partial charge in [-0.15, -0.1) is 0 Å². The van der Waals surface area contributed by atoms with Crippen molar-refractivity contribution in [3.63, 3.8) is 0 Å². The molecule has 0 radical (unpaired) electrons. The van der Waals surface area contributed by atoms with Crippen molar-refractivity contribution in [1.82, 2.24) is 9.88 Å². The summed E-state index contributed by atoms with van der Waals surface area (Å²) in [6.45, 7) is 2.87. The number of hydrogen-bond donors (Lipinski definition) is 0. The van der Waals surface area contributed by atoms with Gasteiger partial charge in [-0.25, -0.2) is 0 Å². The zero-order valence-electron chi connectivity index (χ0n) is 16.9. The molecule has 1 unspecified atom stereocenters. The molecule has 0 spiro atoms. The highest BCUT2D eigenvalue weighted by Crippen LogP contribution is 2.58. The summed E-state index contributed by atoms with van der Waals surface area (Å²) >= 11 is 0. The SMILES string of the molecule is CC(C=O)(CC1=CC=NCN1C12CC3CC(CC(C3)C1)C2)Cc1ccncc1. The van der Waals surface area contributed by atoms with E-state index in [4.69, 9.17) is 0 Å². The topological polar surface area (TPSA) is 45.6 Å². The molecule has 4 aliphatic carbocycles. The van der Waals surface area contributed by atoms with E-state index in [1.807, 2.05) is 30.7 Å². The van der Waals surface area contributed by atoms with E-state index in [0.717, 1.165) is 43.6 Å². The van der Waals surface area contributed by atoms with Gasteiger partial charge in [-0.05, 0) is 92.9 Å². The molecule has 1 aromatic heterocycles. The summed E-state index contributed by atoms with van der Waals surface area (Å²) in [6, 6.07) is 4.05. The molecule has 4 fully saturated rings. The van der Waals surface area contributed by atoms with Gasteiger partial charge in [0.05, 0.1) is 0 Å². The molecule has 4 bridgehead atoms. The largest absolute Gasteiger partial charge is 0.350 e. The van der Waals surface area contributed by atoms with Gasteiger partial charge in [0.25, 0.3) is 0 Å². The van der Waals surface area contributed by atoms with Crippen LogP contribution in [0.3, 0.4) is 0 Å². The zero-order valence-corrected chi connectivity index (χ0v) is 16.9. The highest BCUT2D eigenvalue weighted by Gasteiger charge is 2.54. The summed E-state index contributed by atoms with van der Waals surface area (Å²) in [4.78, 5) is 23.5. The maximum atomic E-state index is 12.2. The quantitative estimate of drug-likeness (QED) is 0.690. The first kappa shape index (κ1) is 18.1. The summed E-state index contributed by atoms with van der Waals surface area (Å²) in [5, 5.41) is 0. The number of nitrogens with zero attached hydrogens (tertiary/aromatic N) is 3. The van der Waals surface area contributed by atoms with Crippen LogP contribution in [0.25, 0.3) is 0 Å². The van der Waals surface area contributed by atoms with E-state index in [1.54, 1.807) is 0 Å². The Hall–Kier alpha value is -1.97. The predicted molar refractivity (Wildman–Crippen MR) is 111 cm³/mol. The minimum Gasteiger partial charge on any atom is -0.350 e. The standard InChI is InChI=1S/C24H31N3O/c1-23(16-28,11-18-2-5-25-6-3-18)15-22-4-7-26-17-27(22)24-12-19-8-20(13-24)10-21(9-19)14-24/h2-7,16,19-21H,8-15,17H2,1H3. The second-order valence-corrected chi connectivity index (χ2v) is 10.2.